The summed E-state index contributed by atoms with van der Waals surface area (Å²) in [4.78, 5) is 12.5. The van der Waals surface area contributed by atoms with Crippen LogP contribution in [0.5, 0.6) is 0 Å². The first-order chi connectivity index (χ1) is 31.2. The van der Waals surface area contributed by atoms with E-state index in [2.05, 4.69) is 67.8 Å². The van der Waals surface area contributed by atoms with Gasteiger partial charge in [-0.2, -0.15) is 0 Å². The largest absolute Gasteiger partial charge is 0.394 e. The van der Waals surface area contributed by atoms with E-state index < -0.39 is 12.1 Å². The molecule has 0 saturated heterocycles. The first-order valence-corrected chi connectivity index (χ1v) is 28.0. The summed E-state index contributed by atoms with van der Waals surface area (Å²) in [6.07, 6.45) is 76.6. The highest BCUT2D eigenvalue weighted by molar-refractivity contribution is 5.76. The molecule has 0 radical (unpaired) electrons. The maximum atomic E-state index is 12.5. The van der Waals surface area contributed by atoms with Crippen molar-refractivity contribution in [1.82, 2.24) is 5.32 Å². The summed E-state index contributed by atoms with van der Waals surface area (Å²) in [7, 11) is 0. The summed E-state index contributed by atoms with van der Waals surface area (Å²) in [5.41, 5.74) is 0. The summed E-state index contributed by atoms with van der Waals surface area (Å²) < 4.78 is 0. The van der Waals surface area contributed by atoms with Crippen LogP contribution < -0.4 is 5.32 Å². The van der Waals surface area contributed by atoms with Crippen LogP contribution in [0.3, 0.4) is 0 Å². The summed E-state index contributed by atoms with van der Waals surface area (Å²) in [5.74, 6) is -0.0720. The van der Waals surface area contributed by atoms with Gasteiger partial charge in [0.2, 0.25) is 5.91 Å². The normalized spacial score (nSPS) is 13.3. The van der Waals surface area contributed by atoms with Crippen molar-refractivity contribution in [3.63, 3.8) is 0 Å². The van der Waals surface area contributed by atoms with Crippen LogP contribution >= 0.6 is 0 Å². The highest BCUT2D eigenvalue weighted by Crippen LogP contribution is 2.16. The molecule has 0 aromatic carbocycles. The molecule has 0 fully saturated rings. The van der Waals surface area contributed by atoms with Crippen molar-refractivity contribution in [2.75, 3.05) is 6.61 Å². The lowest BCUT2D eigenvalue weighted by Crippen LogP contribution is -2.45. The molecule has 2 atom stereocenters. The first kappa shape index (κ1) is 61.1. The second kappa shape index (κ2) is 54.4. The minimum atomic E-state index is -0.864. The van der Waals surface area contributed by atoms with E-state index in [1.165, 1.54) is 225 Å². The molecule has 368 valence electrons. The van der Waals surface area contributed by atoms with E-state index in [0.29, 0.717) is 6.42 Å². The Morgan fingerprint density at radius 1 is 0.381 bits per heavy atom. The Kier molecular flexibility index (Phi) is 52.8. The zero-order valence-electron chi connectivity index (χ0n) is 42.3. The minimum Gasteiger partial charge on any atom is -0.394 e. The number of carbonyl (C=O) groups is 1. The van der Waals surface area contributed by atoms with Gasteiger partial charge in [-0.1, -0.05) is 274 Å². The molecule has 0 heterocycles. The van der Waals surface area contributed by atoms with E-state index >= 15 is 0 Å². The molecule has 0 bridgehead atoms. The van der Waals surface area contributed by atoms with Crippen molar-refractivity contribution in [3.8, 4) is 0 Å². The molecule has 63 heavy (non-hydrogen) atoms. The molecule has 0 rings (SSSR count). The number of nitrogens with one attached hydrogen (secondary N) is 1. The zero-order chi connectivity index (χ0) is 45.6. The van der Waals surface area contributed by atoms with Crippen molar-refractivity contribution in [3.05, 3.63) is 60.8 Å². The van der Waals surface area contributed by atoms with Crippen molar-refractivity contribution >= 4 is 5.91 Å². The van der Waals surface area contributed by atoms with Crippen molar-refractivity contribution in [2.24, 2.45) is 0 Å². The van der Waals surface area contributed by atoms with Crippen LogP contribution in [0.2, 0.25) is 0 Å². The Hall–Kier alpha value is -1.91. The summed E-state index contributed by atoms with van der Waals surface area (Å²) in [6, 6.07) is -0.641. The van der Waals surface area contributed by atoms with Gasteiger partial charge < -0.3 is 15.5 Å². The van der Waals surface area contributed by atoms with Gasteiger partial charge >= 0.3 is 0 Å². The smallest absolute Gasteiger partial charge is 0.220 e. The van der Waals surface area contributed by atoms with Crippen LogP contribution in [0.15, 0.2) is 60.8 Å². The number of aliphatic hydroxyl groups is 2. The second-order valence-electron chi connectivity index (χ2n) is 19.0. The Balaban J connectivity index is 3.52. The van der Waals surface area contributed by atoms with E-state index in [-0.39, 0.29) is 12.5 Å². The van der Waals surface area contributed by atoms with Crippen molar-refractivity contribution < 1.29 is 15.0 Å². The van der Waals surface area contributed by atoms with E-state index in [0.717, 1.165) is 44.9 Å². The van der Waals surface area contributed by atoms with Crippen molar-refractivity contribution in [2.45, 2.75) is 302 Å². The highest BCUT2D eigenvalue weighted by Gasteiger charge is 2.18. The monoisotopic (exact) mass is 880 g/mol. The first-order valence-electron chi connectivity index (χ1n) is 28.0. The topological polar surface area (TPSA) is 69.6 Å². The van der Waals surface area contributed by atoms with Crippen LogP contribution in [0.25, 0.3) is 0 Å². The molecule has 0 saturated carbocycles. The van der Waals surface area contributed by atoms with E-state index in [9.17, 15) is 15.0 Å². The maximum Gasteiger partial charge on any atom is 0.220 e. The number of rotatable bonds is 51. The molecule has 0 spiro atoms. The lowest BCUT2D eigenvalue weighted by molar-refractivity contribution is -0.123. The minimum absolute atomic E-state index is 0.0720. The number of amides is 1. The Morgan fingerprint density at radius 3 is 1.03 bits per heavy atom. The van der Waals surface area contributed by atoms with Crippen LogP contribution in [0.1, 0.15) is 290 Å². The van der Waals surface area contributed by atoms with Gasteiger partial charge in [0.1, 0.15) is 0 Å². The van der Waals surface area contributed by atoms with Gasteiger partial charge in [-0.15, -0.1) is 0 Å². The van der Waals surface area contributed by atoms with Gasteiger partial charge in [0.25, 0.3) is 0 Å². The lowest BCUT2D eigenvalue weighted by atomic mass is 10.0. The average Bonchev–Trinajstić information content (AvgIpc) is 3.29. The summed E-state index contributed by atoms with van der Waals surface area (Å²) >= 11 is 0. The molecule has 3 N–H and O–H groups in total. The van der Waals surface area contributed by atoms with Gasteiger partial charge in [0.15, 0.2) is 0 Å². The van der Waals surface area contributed by atoms with Crippen LogP contribution in [-0.4, -0.2) is 34.9 Å². The second-order valence-corrected chi connectivity index (χ2v) is 19.0. The third kappa shape index (κ3) is 50.9. The fourth-order valence-electron chi connectivity index (χ4n) is 8.44. The third-order valence-corrected chi connectivity index (χ3v) is 12.7. The fraction of sp³-hybridized carbons (Fsp3) is 0.814. The standard InChI is InChI=1S/C59H109NO3/c1-3-5-7-9-11-13-15-17-19-21-23-25-26-27-28-29-30-31-32-33-34-35-37-39-41-43-45-47-49-51-53-55-59(63)60-57(56-61)58(62)54-52-50-48-46-44-42-40-38-36-24-22-20-18-16-14-12-10-8-6-4-2/h15,17,21,23,26-27,44,46,52,54,57-58,61-62H,3-14,16,18-20,22,24-25,28-43,45,47-51,53,55-56H2,1-2H3,(H,60,63)/b17-15-,23-21-,27-26-,46-44+,54-52+. The SMILES string of the molecule is CCCCCCC/C=C\C/C=C\C/C=C\CCCCCCCCCCCCCCCCCCC(=O)NC(CO)C(O)/C=C/CC/C=C/CCCCCCCCCCCCCCCC. The Bertz CT molecular complexity index is 1040. The molecule has 0 aromatic heterocycles. The predicted octanol–water partition coefficient (Wildman–Crippen LogP) is 18.4. The van der Waals surface area contributed by atoms with E-state index in [1.807, 2.05) is 6.08 Å². The molecule has 1 amide bonds. The predicted molar refractivity (Wildman–Crippen MR) is 281 cm³/mol. The van der Waals surface area contributed by atoms with Crippen LogP contribution in [0, 0.1) is 0 Å². The number of aliphatic hydroxyl groups excluding tert-OH is 2. The molecule has 4 nitrogen and oxygen atoms in total. The maximum absolute atomic E-state index is 12.5. The number of unbranched alkanes of at least 4 members (excludes halogenated alkanes) is 36. The zero-order valence-corrected chi connectivity index (χ0v) is 42.3. The number of carbonyl (C=O) groups excluding carboxylic acids is 1. The number of hydrogen-bond donors (Lipinski definition) is 3. The molecular weight excluding hydrogens is 771 g/mol. The van der Waals surface area contributed by atoms with Crippen LogP contribution in [0.4, 0.5) is 0 Å². The van der Waals surface area contributed by atoms with Crippen LogP contribution in [-0.2, 0) is 4.79 Å². The molecule has 0 aromatic rings. The molecule has 0 aliphatic carbocycles. The quantitative estimate of drug-likeness (QED) is 0.0421. The van der Waals surface area contributed by atoms with Crippen molar-refractivity contribution in [1.29, 1.82) is 0 Å². The lowest BCUT2D eigenvalue weighted by Gasteiger charge is -2.19. The summed E-state index contributed by atoms with van der Waals surface area (Å²) in [6.45, 7) is 4.31. The Morgan fingerprint density at radius 2 is 0.667 bits per heavy atom. The van der Waals surface area contributed by atoms with E-state index in [4.69, 9.17) is 0 Å². The molecule has 0 aliphatic rings. The van der Waals surface area contributed by atoms with Gasteiger partial charge in [0, 0.05) is 6.42 Å². The van der Waals surface area contributed by atoms with Gasteiger partial charge in [-0.25, -0.2) is 0 Å². The Labute approximate surface area is 394 Å². The average molecular weight is 881 g/mol. The number of hydrogen-bond acceptors (Lipinski definition) is 3. The van der Waals surface area contributed by atoms with Gasteiger partial charge in [0.05, 0.1) is 18.8 Å². The third-order valence-electron chi connectivity index (χ3n) is 12.7. The van der Waals surface area contributed by atoms with Gasteiger partial charge in [-0.3, -0.25) is 4.79 Å². The highest BCUT2D eigenvalue weighted by atomic mass is 16.3. The molecule has 0 aliphatic heterocycles. The summed E-state index contributed by atoms with van der Waals surface area (Å²) in [5, 5.41) is 23.1. The molecule has 2 unspecified atom stereocenters. The van der Waals surface area contributed by atoms with E-state index in [1.54, 1.807) is 6.08 Å². The number of allylic oxidation sites excluding steroid dienone is 9. The fourth-order valence-corrected chi connectivity index (χ4v) is 8.44. The van der Waals surface area contributed by atoms with Gasteiger partial charge in [-0.05, 0) is 70.6 Å². The molecular formula is C59H109NO3. The molecule has 4 heteroatoms.